The van der Waals surface area contributed by atoms with Gasteiger partial charge in [0.2, 0.25) is 5.91 Å². The number of alkyl halides is 3. The molecule has 39 heavy (non-hydrogen) atoms. The molecular formula is C25H25F3N6O5. The molecule has 1 saturated heterocycles. The number of hydrogen-bond donors (Lipinski definition) is 2. The molecule has 5 rings (SSSR count). The standard InChI is InChI=1S/C25H25F3N6O5/c26-25(27,28)23(37)39-34-17-6-2-1-5-16(17)22(36)30-19(34)8-3-9-20(35)32-13-10-15(11-14-32)33-18-7-4-12-29-21(18)31-24(33)38/h1-2,4-7,12,15,19H,3,8-11,13-14H2,(H,30,36)(H,29,31,38). The van der Waals surface area contributed by atoms with Gasteiger partial charge in [-0.05, 0) is 49.9 Å². The van der Waals surface area contributed by atoms with E-state index in [0.717, 1.165) is 5.06 Å². The van der Waals surface area contributed by atoms with Crippen molar-refractivity contribution in [3.05, 3.63) is 58.6 Å². The van der Waals surface area contributed by atoms with E-state index in [0.29, 0.717) is 37.1 Å². The van der Waals surface area contributed by atoms with E-state index < -0.39 is 24.2 Å². The maximum atomic E-state index is 12.9. The van der Waals surface area contributed by atoms with Gasteiger partial charge in [-0.3, -0.25) is 19.1 Å². The largest absolute Gasteiger partial charge is 0.493 e. The third kappa shape index (κ3) is 5.31. The number of pyridine rings is 1. The van der Waals surface area contributed by atoms with E-state index in [1.54, 1.807) is 21.7 Å². The number of aromatic nitrogens is 3. The van der Waals surface area contributed by atoms with E-state index >= 15 is 0 Å². The Morgan fingerprint density at radius 3 is 2.56 bits per heavy atom. The average molecular weight is 547 g/mol. The topological polar surface area (TPSA) is 130 Å². The third-order valence-corrected chi connectivity index (χ3v) is 6.92. The molecule has 11 nitrogen and oxygen atoms in total. The summed E-state index contributed by atoms with van der Waals surface area (Å²) in [6.07, 6.45) is -3.20. The number of nitrogens with one attached hydrogen (secondary N) is 2. The van der Waals surface area contributed by atoms with Gasteiger partial charge in [0.05, 0.1) is 16.8 Å². The molecule has 1 aromatic carbocycles. The number of aromatic amines is 1. The van der Waals surface area contributed by atoms with Crippen LogP contribution in [0.3, 0.4) is 0 Å². The van der Waals surface area contributed by atoms with Crippen LogP contribution in [0.1, 0.15) is 48.5 Å². The zero-order valence-electron chi connectivity index (χ0n) is 20.6. The fourth-order valence-corrected chi connectivity index (χ4v) is 5.06. The summed E-state index contributed by atoms with van der Waals surface area (Å²) in [7, 11) is 0. The van der Waals surface area contributed by atoms with Gasteiger partial charge < -0.3 is 15.1 Å². The predicted octanol–water partition coefficient (Wildman–Crippen LogP) is 2.66. The van der Waals surface area contributed by atoms with Crippen LogP contribution in [0.15, 0.2) is 47.4 Å². The van der Waals surface area contributed by atoms with Crippen LogP contribution in [0, 0.1) is 0 Å². The second-order valence-electron chi connectivity index (χ2n) is 9.38. The van der Waals surface area contributed by atoms with Crippen LogP contribution >= 0.6 is 0 Å². The summed E-state index contributed by atoms with van der Waals surface area (Å²) in [5, 5.41) is 3.30. The van der Waals surface area contributed by atoms with Crippen molar-refractivity contribution in [2.45, 2.75) is 50.5 Å². The zero-order valence-corrected chi connectivity index (χ0v) is 20.6. The Bertz CT molecular complexity index is 1460. The number of H-pyrrole nitrogens is 1. The van der Waals surface area contributed by atoms with Gasteiger partial charge >= 0.3 is 17.8 Å². The van der Waals surface area contributed by atoms with Crippen molar-refractivity contribution in [3.63, 3.8) is 0 Å². The number of likely N-dealkylation sites (tertiary alicyclic amines) is 1. The molecule has 1 atom stereocenters. The van der Waals surface area contributed by atoms with Gasteiger partial charge in [-0.25, -0.2) is 14.6 Å². The number of anilines is 1. The number of imidazole rings is 1. The number of piperidine rings is 1. The first-order chi connectivity index (χ1) is 18.6. The van der Waals surface area contributed by atoms with E-state index in [1.807, 2.05) is 6.07 Å². The lowest BCUT2D eigenvalue weighted by Crippen LogP contribution is -2.54. The SMILES string of the molecule is O=C1NC(CCCC(=O)N2CCC(n3c(=O)[nH]c4ncccc43)CC2)N(OC(=O)C(F)(F)F)c2ccccc21. The summed E-state index contributed by atoms with van der Waals surface area (Å²) in [5.41, 5.74) is 1.06. The molecule has 1 fully saturated rings. The number of hydroxylamine groups is 1. The van der Waals surface area contributed by atoms with E-state index in [2.05, 4.69) is 20.1 Å². The van der Waals surface area contributed by atoms with Crippen LogP contribution in [0.2, 0.25) is 0 Å². The molecule has 0 radical (unpaired) electrons. The van der Waals surface area contributed by atoms with Crippen molar-refractivity contribution in [2.24, 2.45) is 0 Å². The number of benzene rings is 1. The van der Waals surface area contributed by atoms with Gasteiger partial charge in [-0.1, -0.05) is 12.1 Å². The van der Waals surface area contributed by atoms with Gasteiger partial charge in [0.1, 0.15) is 6.17 Å². The van der Waals surface area contributed by atoms with Crippen molar-refractivity contribution >= 4 is 34.6 Å². The molecule has 2 amide bonds. The number of rotatable bonds is 6. The molecule has 2 aliphatic rings. The molecule has 206 valence electrons. The van der Waals surface area contributed by atoms with Crippen molar-refractivity contribution in [1.82, 2.24) is 24.8 Å². The lowest BCUT2D eigenvalue weighted by molar-refractivity contribution is -0.202. The summed E-state index contributed by atoms with van der Waals surface area (Å²) in [4.78, 5) is 62.6. The van der Waals surface area contributed by atoms with E-state index in [4.69, 9.17) is 0 Å². The summed E-state index contributed by atoms with van der Waals surface area (Å²) in [6, 6.07) is 9.32. The molecule has 0 saturated carbocycles. The monoisotopic (exact) mass is 546 g/mol. The first-order valence-corrected chi connectivity index (χ1v) is 12.4. The summed E-state index contributed by atoms with van der Waals surface area (Å²) >= 11 is 0. The molecule has 0 aliphatic carbocycles. The quantitative estimate of drug-likeness (QED) is 0.486. The minimum absolute atomic E-state index is 0.0278. The van der Waals surface area contributed by atoms with Gasteiger partial charge in [-0.15, -0.1) is 0 Å². The van der Waals surface area contributed by atoms with Crippen LogP contribution in [0.25, 0.3) is 11.2 Å². The molecule has 2 aromatic heterocycles. The molecular weight excluding hydrogens is 521 g/mol. The fraction of sp³-hybridized carbons (Fsp3) is 0.400. The highest BCUT2D eigenvalue weighted by Crippen LogP contribution is 2.30. The first-order valence-electron chi connectivity index (χ1n) is 12.4. The molecule has 4 heterocycles. The van der Waals surface area contributed by atoms with E-state index in [9.17, 15) is 32.3 Å². The first kappa shape index (κ1) is 26.3. The Labute approximate surface area is 219 Å². The fourth-order valence-electron chi connectivity index (χ4n) is 5.06. The maximum absolute atomic E-state index is 12.9. The number of carbonyl (C=O) groups is 3. The molecule has 2 N–H and O–H groups in total. The molecule has 3 aromatic rings. The Kier molecular flexibility index (Phi) is 7.02. The lowest BCUT2D eigenvalue weighted by atomic mass is 10.0. The van der Waals surface area contributed by atoms with E-state index in [1.165, 1.54) is 24.3 Å². The van der Waals surface area contributed by atoms with Crippen LogP contribution in [-0.4, -0.2) is 62.7 Å². The third-order valence-electron chi connectivity index (χ3n) is 6.92. The number of carbonyl (C=O) groups excluding carboxylic acids is 3. The van der Waals surface area contributed by atoms with Crippen molar-refractivity contribution in [2.75, 3.05) is 18.2 Å². The number of nitrogens with zero attached hydrogens (tertiary/aromatic N) is 4. The van der Waals surface area contributed by atoms with Crippen LogP contribution in [0.4, 0.5) is 18.9 Å². The van der Waals surface area contributed by atoms with E-state index in [-0.39, 0.29) is 48.2 Å². The van der Waals surface area contributed by atoms with Crippen molar-refractivity contribution in [1.29, 1.82) is 0 Å². The Morgan fingerprint density at radius 2 is 1.82 bits per heavy atom. The Hall–Kier alpha value is -4.36. The number of hydrogen-bond acceptors (Lipinski definition) is 7. The lowest BCUT2D eigenvalue weighted by Gasteiger charge is -2.37. The molecule has 14 heteroatoms. The Morgan fingerprint density at radius 1 is 1.08 bits per heavy atom. The highest BCUT2D eigenvalue weighted by Gasteiger charge is 2.45. The van der Waals surface area contributed by atoms with Gasteiger partial charge in [0, 0.05) is 31.7 Å². The second-order valence-corrected chi connectivity index (χ2v) is 9.38. The minimum atomic E-state index is -5.22. The molecule has 2 aliphatic heterocycles. The minimum Gasteiger partial charge on any atom is -0.343 e. The number of fused-ring (bicyclic) bond motifs is 2. The van der Waals surface area contributed by atoms with Gasteiger partial charge in [0.15, 0.2) is 5.65 Å². The molecule has 0 spiro atoms. The average Bonchev–Trinajstić information content (AvgIpc) is 3.25. The summed E-state index contributed by atoms with van der Waals surface area (Å²) in [5.74, 6) is -3.09. The number of halogens is 3. The molecule has 0 bridgehead atoms. The second kappa shape index (κ2) is 10.4. The van der Waals surface area contributed by atoms with Gasteiger partial charge in [-0.2, -0.15) is 18.2 Å². The van der Waals surface area contributed by atoms with Crippen LogP contribution in [0.5, 0.6) is 0 Å². The summed E-state index contributed by atoms with van der Waals surface area (Å²) in [6.45, 7) is 0.872. The van der Waals surface area contributed by atoms with Crippen LogP contribution < -0.4 is 16.1 Å². The highest BCUT2D eigenvalue weighted by molar-refractivity contribution is 6.02. The van der Waals surface area contributed by atoms with Crippen molar-refractivity contribution < 1.29 is 32.4 Å². The van der Waals surface area contributed by atoms with Gasteiger partial charge in [0.25, 0.3) is 5.91 Å². The number of para-hydroxylation sites is 1. The number of amides is 2. The van der Waals surface area contributed by atoms with Crippen molar-refractivity contribution in [3.8, 4) is 0 Å². The maximum Gasteiger partial charge on any atom is 0.493 e. The molecule has 1 unspecified atom stereocenters. The van der Waals surface area contributed by atoms with Crippen LogP contribution in [-0.2, 0) is 14.4 Å². The summed E-state index contributed by atoms with van der Waals surface area (Å²) < 4.78 is 40.4. The zero-order chi connectivity index (χ0) is 27.7. The predicted molar refractivity (Wildman–Crippen MR) is 131 cm³/mol. The smallest absolute Gasteiger partial charge is 0.343 e. The normalized spacial score (nSPS) is 18.1. The highest BCUT2D eigenvalue weighted by atomic mass is 19.4. The Balaban J connectivity index is 1.19.